The maximum absolute atomic E-state index is 5.72. The second kappa shape index (κ2) is 8.76. The molecule has 6 heteroatoms. The number of aromatic nitrogens is 1. The minimum Gasteiger partial charge on any atom is -0.465 e. The molecule has 0 unspecified atom stereocenters. The average Bonchev–Trinajstić information content (AvgIpc) is 3.39. The van der Waals surface area contributed by atoms with Crippen molar-refractivity contribution in [3.8, 4) is 0 Å². The van der Waals surface area contributed by atoms with E-state index in [4.69, 9.17) is 4.42 Å². The minimum atomic E-state index is 0.801. The number of thiazole rings is 1. The van der Waals surface area contributed by atoms with Crippen LogP contribution in [-0.2, 0) is 13.1 Å². The molecule has 2 aliphatic rings. The van der Waals surface area contributed by atoms with E-state index in [1.54, 1.807) is 0 Å². The predicted octanol–water partition coefficient (Wildman–Crippen LogP) is 3.99. The molecule has 0 amide bonds. The van der Waals surface area contributed by atoms with E-state index in [9.17, 15) is 0 Å². The van der Waals surface area contributed by atoms with Crippen LogP contribution < -0.4 is 4.90 Å². The number of piperidine rings is 1. The van der Waals surface area contributed by atoms with Crippen LogP contribution in [0.15, 0.2) is 22.7 Å². The second-order valence-electron chi connectivity index (χ2n) is 8.23. The van der Waals surface area contributed by atoms with Crippen LogP contribution in [-0.4, -0.2) is 54.6 Å². The number of anilines is 1. The highest BCUT2D eigenvalue weighted by Gasteiger charge is 2.22. The number of rotatable bonds is 7. The maximum Gasteiger partial charge on any atom is 0.185 e. The lowest BCUT2D eigenvalue weighted by atomic mass is 9.96. The molecule has 0 spiro atoms. The standard InChI is InChI=1S/C21H32N4OS/c1-17-5-6-19(26-17)15-24-11-7-18(8-12-24)14-23(2)16-20-13-22-21(27-20)25-9-3-4-10-25/h5-6,13,18H,3-4,7-12,14-16H2,1-2H3. The van der Waals surface area contributed by atoms with Crippen LogP contribution in [0, 0.1) is 12.8 Å². The van der Waals surface area contributed by atoms with Crippen LogP contribution >= 0.6 is 11.3 Å². The summed E-state index contributed by atoms with van der Waals surface area (Å²) < 4.78 is 5.72. The summed E-state index contributed by atoms with van der Waals surface area (Å²) in [5.74, 6) is 2.91. The summed E-state index contributed by atoms with van der Waals surface area (Å²) in [6.07, 6.45) is 7.28. The number of likely N-dealkylation sites (tertiary alicyclic amines) is 1. The van der Waals surface area contributed by atoms with Crippen LogP contribution in [0.3, 0.4) is 0 Å². The summed E-state index contributed by atoms with van der Waals surface area (Å²) in [4.78, 5) is 13.5. The summed E-state index contributed by atoms with van der Waals surface area (Å²) in [7, 11) is 2.26. The quantitative estimate of drug-likeness (QED) is 0.717. The summed E-state index contributed by atoms with van der Waals surface area (Å²) >= 11 is 1.88. The first-order valence-electron chi connectivity index (χ1n) is 10.3. The Morgan fingerprint density at radius 1 is 1.19 bits per heavy atom. The SMILES string of the molecule is Cc1ccc(CN2CCC(CN(C)Cc3cnc(N4CCCC4)s3)CC2)o1. The van der Waals surface area contributed by atoms with E-state index < -0.39 is 0 Å². The van der Waals surface area contributed by atoms with Gasteiger partial charge in [0.2, 0.25) is 0 Å². The van der Waals surface area contributed by atoms with Crippen molar-refractivity contribution in [1.82, 2.24) is 14.8 Å². The topological polar surface area (TPSA) is 35.8 Å². The van der Waals surface area contributed by atoms with E-state index in [0.29, 0.717) is 0 Å². The Bertz CT molecular complexity index is 713. The van der Waals surface area contributed by atoms with E-state index in [-0.39, 0.29) is 0 Å². The molecule has 0 atom stereocenters. The first-order valence-corrected chi connectivity index (χ1v) is 11.1. The number of hydrogen-bond donors (Lipinski definition) is 0. The van der Waals surface area contributed by atoms with E-state index >= 15 is 0 Å². The van der Waals surface area contributed by atoms with Gasteiger partial charge in [0.15, 0.2) is 5.13 Å². The van der Waals surface area contributed by atoms with Gasteiger partial charge in [-0.15, -0.1) is 11.3 Å². The van der Waals surface area contributed by atoms with Gasteiger partial charge >= 0.3 is 0 Å². The van der Waals surface area contributed by atoms with Crippen molar-refractivity contribution in [2.45, 2.75) is 45.7 Å². The number of hydrogen-bond acceptors (Lipinski definition) is 6. The third-order valence-electron chi connectivity index (χ3n) is 5.80. The van der Waals surface area contributed by atoms with Gasteiger partial charge in [-0.25, -0.2) is 4.98 Å². The van der Waals surface area contributed by atoms with Gasteiger partial charge in [-0.1, -0.05) is 0 Å². The third kappa shape index (κ3) is 5.12. The highest BCUT2D eigenvalue weighted by molar-refractivity contribution is 7.15. The largest absolute Gasteiger partial charge is 0.465 e. The van der Waals surface area contributed by atoms with Gasteiger partial charge in [0.05, 0.1) is 6.54 Å². The zero-order valence-corrected chi connectivity index (χ0v) is 17.5. The number of aryl methyl sites for hydroxylation is 1. The molecule has 4 heterocycles. The molecule has 2 fully saturated rings. The molecule has 2 aromatic rings. The van der Waals surface area contributed by atoms with E-state index in [1.807, 2.05) is 18.3 Å². The summed E-state index contributed by atoms with van der Waals surface area (Å²) in [6.45, 7) is 9.90. The van der Waals surface area contributed by atoms with Crippen LogP contribution in [0.4, 0.5) is 5.13 Å². The van der Waals surface area contributed by atoms with Gasteiger partial charge in [0, 0.05) is 37.3 Å². The normalized spacial score (nSPS) is 19.4. The molecule has 5 nitrogen and oxygen atoms in total. The summed E-state index contributed by atoms with van der Waals surface area (Å²) in [6, 6.07) is 4.17. The molecular formula is C21H32N4OS. The first kappa shape index (κ1) is 19.0. The number of nitrogens with zero attached hydrogens (tertiary/aromatic N) is 4. The van der Waals surface area contributed by atoms with Crippen molar-refractivity contribution in [2.24, 2.45) is 5.92 Å². The fraction of sp³-hybridized carbons (Fsp3) is 0.667. The molecule has 27 heavy (non-hydrogen) atoms. The second-order valence-corrected chi connectivity index (χ2v) is 9.33. The van der Waals surface area contributed by atoms with Gasteiger partial charge < -0.3 is 14.2 Å². The Kier molecular flexibility index (Phi) is 6.15. The molecular weight excluding hydrogens is 356 g/mol. The van der Waals surface area contributed by atoms with E-state index in [1.165, 1.54) is 68.4 Å². The minimum absolute atomic E-state index is 0.801. The molecule has 0 radical (unpaired) electrons. The van der Waals surface area contributed by atoms with Crippen molar-refractivity contribution >= 4 is 16.5 Å². The van der Waals surface area contributed by atoms with Crippen molar-refractivity contribution in [3.63, 3.8) is 0 Å². The molecule has 148 valence electrons. The fourth-order valence-corrected chi connectivity index (χ4v) is 5.36. The molecule has 0 bridgehead atoms. The van der Waals surface area contributed by atoms with Gasteiger partial charge in [-0.2, -0.15) is 0 Å². The van der Waals surface area contributed by atoms with Gasteiger partial charge in [0.1, 0.15) is 11.5 Å². The lowest BCUT2D eigenvalue weighted by Crippen LogP contribution is -2.37. The van der Waals surface area contributed by atoms with E-state index in [0.717, 1.165) is 30.5 Å². The highest BCUT2D eigenvalue weighted by atomic mass is 32.1. The predicted molar refractivity (Wildman–Crippen MR) is 111 cm³/mol. The highest BCUT2D eigenvalue weighted by Crippen LogP contribution is 2.27. The lowest BCUT2D eigenvalue weighted by molar-refractivity contribution is 0.140. The van der Waals surface area contributed by atoms with Crippen molar-refractivity contribution in [2.75, 3.05) is 44.7 Å². The van der Waals surface area contributed by atoms with Gasteiger partial charge in [0.25, 0.3) is 0 Å². The molecule has 2 aromatic heterocycles. The van der Waals surface area contributed by atoms with Crippen LogP contribution in [0.1, 0.15) is 42.1 Å². The lowest BCUT2D eigenvalue weighted by Gasteiger charge is -2.33. The molecule has 2 saturated heterocycles. The Morgan fingerprint density at radius 3 is 2.67 bits per heavy atom. The van der Waals surface area contributed by atoms with Crippen LogP contribution in [0.5, 0.6) is 0 Å². The van der Waals surface area contributed by atoms with Crippen molar-refractivity contribution < 1.29 is 4.42 Å². The maximum atomic E-state index is 5.72. The molecule has 0 saturated carbocycles. The Balaban J connectivity index is 1.19. The van der Waals surface area contributed by atoms with Crippen molar-refractivity contribution in [3.05, 3.63) is 34.7 Å². The summed E-state index contributed by atoms with van der Waals surface area (Å²) in [5, 5.41) is 1.22. The molecule has 0 N–H and O–H groups in total. The third-order valence-corrected chi connectivity index (χ3v) is 6.84. The van der Waals surface area contributed by atoms with E-state index in [2.05, 4.69) is 45.1 Å². The molecule has 0 aromatic carbocycles. The molecule has 0 aliphatic carbocycles. The van der Waals surface area contributed by atoms with Gasteiger partial charge in [-0.3, -0.25) is 4.90 Å². The molecule has 4 rings (SSSR count). The first-order chi connectivity index (χ1) is 13.2. The summed E-state index contributed by atoms with van der Waals surface area (Å²) in [5.41, 5.74) is 0. The fourth-order valence-electron chi connectivity index (χ4n) is 4.31. The van der Waals surface area contributed by atoms with Gasteiger partial charge in [-0.05, 0) is 70.8 Å². The zero-order chi connectivity index (χ0) is 18.6. The Morgan fingerprint density at radius 2 is 1.96 bits per heavy atom. The Hall–Kier alpha value is -1.37. The monoisotopic (exact) mass is 388 g/mol. The number of furan rings is 1. The smallest absolute Gasteiger partial charge is 0.185 e. The van der Waals surface area contributed by atoms with Crippen molar-refractivity contribution in [1.29, 1.82) is 0 Å². The molecule has 2 aliphatic heterocycles. The van der Waals surface area contributed by atoms with Crippen LogP contribution in [0.2, 0.25) is 0 Å². The average molecular weight is 389 g/mol. The zero-order valence-electron chi connectivity index (χ0n) is 16.7. The van der Waals surface area contributed by atoms with Crippen LogP contribution in [0.25, 0.3) is 0 Å². The Labute approximate surface area is 167 Å².